The zero-order valence-corrected chi connectivity index (χ0v) is 16.8. The summed E-state index contributed by atoms with van der Waals surface area (Å²) in [5, 5.41) is 10.5. The maximum Gasteiger partial charge on any atom is 0.269 e. The van der Waals surface area contributed by atoms with Gasteiger partial charge in [0, 0.05) is 30.1 Å². The average Bonchev–Trinajstić information content (AvgIpc) is 2.71. The Morgan fingerprint density at radius 2 is 1.75 bits per heavy atom. The molecule has 0 saturated carbocycles. The molecule has 1 aliphatic rings. The zero-order valence-electron chi connectivity index (χ0n) is 16.0. The highest BCUT2D eigenvalue weighted by molar-refractivity contribution is 8.00. The van der Waals surface area contributed by atoms with Crippen LogP contribution in [0.1, 0.15) is 18.1 Å². The number of benzene rings is 2. The van der Waals surface area contributed by atoms with E-state index in [9.17, 15) is 14.9 Å². The summed E-state index contributed by atoms with van der Waals surface area (Å²) < 4.78 is 10.7. The van der Waals surface area contributed by atoms with E-state index in [2.05, 4.69) is 0 Å². The largest absolute Gasteiger partial charge is 0.493 e. The zero-order chi connectivity index (χ0) is 20.3. The van der Waals surface area contributed by atoms with E-state index in [0.717, 1.165) is 22.4 Å². The van der Waals surface area contributed by atoms with Crippen molar-refractivity contribution in [2.45, 2.75) is 30.0 Å². The molecule has 148 valence electrons. The minimum Gasteiger partial charge on any atom is -0.493 e. The van der Waals surface area contributed by atoms with Crippen molar-refractivity contribution < 1.29 is 19.2 Å². The van der Waals surface area contributed by atoms with Crippen LogP contribution in [0.4, 0.5) is 5.69 Å². The highest BCUT2D eigenvalue weighted by Crippen LogP contribution is 2.34. The van der Waals surface area contributed by atoms with Crippen LogP contribution >= 0.6 is 11.8 Å². The molecule has 0 radical (unpaired) electrons. The number of nitro groups is 1. The average molecular weight is 402 g/mol. The summed E-state index contributed by atoms with van der Waals surface area (Å²) in [5.41, 5.74) is 2.27. The monoisotopic (exact) mass is 402 g/mol. The van der Waals surface area contributed by atoms with Crippen molar-refractivity contribution in [2.75, 3.05) is 20.8 Å². The maximum absolute atomic E-state index is 12.9. The molecule has 7 nitrogen and oxygen atoms in total. The number of rotatable bonds is 6. The molecule has 2 aromatic carbocycles. The quantitative estimate of drug-likeness (QED) is 0.416. The smallest absolute Gasteiger partial charge is 0.269 e. The van der Waals surface area contributed by atoms with Gasteiger partial charge < -0.3 is 14.4 Å². The lowest BCUT2D eigenvalue weighted by molar-refractivity contribution is -0.384. The van der Waals surface area contributed by atoms with Gasteiger partial charge in [0.15, 0.2) is 11.5 Å². The highest BCUT2D eigenvalue weighted by Gasteiger charge is 2.26. The molecule has 28 heavy (non-hydrogen) atoms. The summed E-state index contributed by atoms with van der Waals surface area (Å²) >= 11 is 1.40. The molecule has 0 bridgehead atoms. The number of nitrogens with zero attached hydrogens (tertiary/aromatic N) is 2. The molecular formula is C20H22N2O5S. The van der Waals surface area contributed by atoms with E-state index in [1.165, 1.54) is 23.9 Å². The molecule has 1 atom stereocenters. The van der Waals surface area contributed by atoms with Crippen molar-refractivity contribution in [3.8, 4) is 11.5 Å². The number of nitro benzene ring substituents is 1. The van der Waals surface area contributed by atoms with Crippen molar-refractivity contribution in [1.29, 1.82) is 0 Å². The minimum absolute atomic E-state index is 0.0420. The summed E-state index contributed by atoms with van der Waals surface area (Å²) in [5.74, 6) is 1.40. The second kappa shape index (κ2) is 8.52. The molecule has 0 spiro atoms. The summed E-state index contributed by atoms with van der Waals surface area (Å²) in [6.07, 6.45) is 0.760. The molecule has 2 aromatic rings. The number of thioether (sulfide) groups is 1. The van der Waals surface area contributed by atoms with Gasteiger partial charge in [0.25, 0.3) is 5.69 Å². The van der Waals surface area contributed by atoms with Crippen molar-refractivity contribution in [3.63, 3.8) is 0 Å². The minimum atomic E-state index is -0.433. The van der Waals surface area contributed by atoms with Gasteiger partial charge in [0.1, 0.15) is 0 Å². The van der Waals surface area contributed by atoms with E-state index in [0.29, 0.717) is 24.6 Å². The Balaban J connectivity index is 1.68. The van der Waals surface area contributed by atoms with Crippen LogP contribution in [-0.2, 0) is 17.8 Å². The fourth-order valence-corrected chi connectivity index (χ4v) is 4.18. The van der Waals surface area contributed by atoms with Crippen molar-refractivity contribution in [1.82, 2.24) is 4.90 Å². The van der Waals surface area contributed by atoms with Gasteiger partial charge in [0.2, 0.25) is 5.91 Å². The first kappa shape index (κ1) is 20.0. The standard InChI is InChI=1S/C20H22N2O5S/c1-13(28-17-6-4-16(5-7-17)22(24)25)20(23)21-9-8-14-10-18(26-2)19(27-3)11-15(14)12-21/h4-7,10-11,13H,8-9,12H2,1-3H3/t13-/m0/s1. The maximum atomic E-state index is 12.9. The van der Waals surface area contributed by atoms with Crippen molar-refractivity contribution >= 4 is 23.4 Å². The van der Waals surface area contributed by atoms with Crippen LogP contribution in [0.15, 0.2) is 41.3 Å². The summed E-state index contributed by atoms with van der Waals surface area (Å²) in [4.78, 5) is 25.9. The lowest BCUT2D eigenvalue weighted by atomic mass is 9.98. The van der Waals surface area contributed by atoms with E-state index >= 15 is 0 Å². The number of fused-ring (bicyclic) bond motifs is 1. The Labute approximate surface area is 167 Å². The van der Waals surface area contributed by atoms with Crippen molar-refractivity contribution in [2.24, 2.45) is 0 Å². The molecule has 8 heteroatoms. The third-order valence-corrected chi connectivity index (χ3v) is 5.84. The second-order valence-electron chi connectivity index (χ2n) is 6.50. The van der Waals surface area contributed by atoms with E-state index in [1.54, 1.807) is 26.4 Å². The van der Waals surface area contributed by atoms with Crippen LogP contribution in [0.25, 0.3) is 0 Å². The predicted molar refractivity (Wildman–Crippen MR) is 107 cm³/mol. The Kier molecular flexibility index (Phi) is 6.08. The fourth-order valence-electron chi connectivity index (χ4n) is 3.23. The first-order valence-corrected chi connectivity index (χ1v) is 9.74. The Bertz CT molecular complexity index is 885. The summed E-state index contributed by atoms with van der Waals surface area (Å²) in [6.45, 7) is 3.03. The number of amides is 1. The number of hydrogen-bond acceptors (Lipinski definition) is 6. The Morgan fingerprint density at radius 1 is 1.14 bits per heavy atom. The predicted octanol–water partition coefficient (Wildman–Crippen LogP) is 3.68. The SMILES string of the molecule is COc1cc2c(cc1OC)CN(C(=O)[C@H](C)Sc1ccc([N+](=O)[O-])cc1)CC2. The second-order valence-corrected chi connectivity index (χ2v) is 7.91. The Hall–Kier alpha value is -2.74. The molecule has 0 aliphatic carbocycles. The van der Waals surface area contributed by atoms with Gasteiger partial charge in [0.05, 0.1) is 24.4 Å². The van der Waals surface area contributed by atoms with Crippen LogP contribution in [0, 0.1) is 10.1 Å². The third kappa shape index (κ3) is 4.22. The lowest BCUT2D eigenvalue weighted by Gasteiger charge is -2.31. The molecular weight excluding hydrogens is 380 g/mol. The highest BCUT2D eigenvalue weighted by atomic mass is 32.2. The third-order valence-electron chi connectivity index (χ3n) is 4.74. The van der Waals surface area contributed by atoms with Gasteiger partial charge in [-0.1, -0.05) is 0 Å². The summed E-state index contributed by atoms with van der Waals surface area (Å²) in [7, 11) is 3.21. The van der Waals surface area contributed by atoms with E-state index < -0.39 is 4.92 Å². The van der Waals surface area contributed by atoms with Crippen molar-refractivity contribution in [3.05, 3.63) is 57.6 Å². The number of carbonyl (C=O) groups is 1. The van der Waals surface area contributed by atoms with Gasteiger partial charge in [-0.05, 0) is 48.7 Å². The van der Waals surface area contributed by atoms with Crippen LogP contribution in [0.2, 0.25) is 0 Å². The van der Waals surface area contributed by atoms with E-state index in [4.69, 9.17) is 9.47 Å². The van der Waals surface area contributed by atoms with Gasteiger partial charge in [-0.15, -0.1) is 11.8 Å². The molecule has 0 aromatic heterocycles. The number of ether oxygens (including phenoxy) is 2. The molecule has 0 saturated heterocycles. The van der Waals surface area contributed by atoms with Gasteiger partial charge in [-0.3, -0.25) is 14.9 Å². The van der Waals surface area contributed by atoms with E-state index in [-0.39, 0.29) is 16.8 Å². The molecule has 3 rings (SSSR count). The van der Waals surface area contributed by atoms with Gasteiger partial charge in [-0.25, -0.2) is 0 Å². The Morgan fingerprint density at radius 3 is 2.32 bits per heavy atom. The molecule has 0 N–H and O–H groups in total. The van der Waals surface area contributed by atoms with Crippen LogP contribution in [0.5, 0.6) is 11.5 Å². The van der Waals surface area contributed by atoms with Crippen LogP contribution in [0.3, 0.4) is 0 Å². The fraction of sp³-hybridized carbons (Fsp3) is 0.350. The molecule has 1 aliphatic heterocycles. The van der Waals surface area contributed by atoms with Gasteiger partial charge >= 0.3 is 0 Å². The first-order valence-electron chi connectivity index (χ1n) is 8.86. The van der Waals surface area contributed by atoms with Crippen LogP contribution in [-0.4, -0.2) is 41.7 Å². The number of non-ortho nitro benzene ring substituents is 1. The first-order chi connectivity index (χ1) is 13.4. The lowest BCUT2D eigenvalue weighted by Crippen LogP contribution is -2.40. The summed E-state index contributed by atoms with van der Waals surface area (Å²) in [6, 6.07) is 10.2. The number of methoxy groups -OCH3 is 2. The molecule has 1 amide bonds. The van der Waals surface area contributed by atoms with Crippen LogP contribution < -0.4 is 9.47 Å². The normalized spacial score (nSPS) is 14.2. The molecule has 1 heterocycles. The molecule has 0 unspecified atom stereocenters. The molecule has 0 fully saturated rings. The number of carbonyl (C=O) groups excluding carboxylic acids is 1. The topological polar surface area (TPSA) is 81.9 Å². The number of hydrogen-bond donors (Lipinski definition) is 0. The van der Waals surface area contributed by atoms with Gasteiger partial charge in [-0.2, -0.15) is 0 Å². The van der Waals surface area contributed by atoms with E-state index in [1.807, 2.05) is 24.0 Å².